The molecule has 0 atom stereocenters. The molecule has 18 heavy (non-hydrogen) atoms. The van der Waals surface area contributed by atoms with E-state index in [1.54, 1.807) is 6.07 Å². The predicted molar refractivity (Wildman–Crippen MR) is 76.8 cm³/mol. The molecule has 0 aliphatic carbocycles. The normalized spacial score (nSPS) is 10.4. The third-order valence-electron chi connectivity index (χ3n) is 3.16. The number of rotatable bonds is 2. The van der Waals surface area contributed by atoms with Crippen molar-refractivity contribution in [3.8, 4) is 5.75 Å². The van der Waals surface area contributed by atoms with Crippen LogP contribution in [0, 0.1) is 27.7 Å². The topological polar surface area (TPSA) is 32.3 Å². The molecule has 0 radical (unpaired) electrons. The van der Waals surface area contributed by atoms with Gasteiger partial charge in [-0.25, -0.2) is 0 Å². The SMILES string of the molecule is Cc1cc(C)c(Nc2ccc(C)c(O)c2)c(C)c1. The van der Waals surface area contributed by atoms with E-state index >= 15 is 0 Å². The fourth-order valence-electron chi connectivity index (χ4n) is 2.21. The number of hydrogen-bond donors (Lipinski definition) is 2. The second-order valence-corrected chi connectivity index (χ2v) is 4.90. The van der Waals surface area contributed by atoms with Crippen LogP contribution in [0.4, 0.5) is 11.4 Å². The average molecular weight is 241 g/mol. The van der Waals surface area contributed by atoms with Crippen LogP contribution in [0.25, 0.3) is 0 Å². The van der Waals surface area contributed by atoms with Gasteiger partial charge in [-0.2, -0.15) is 0 Å². The zero-order valence-corrected chi connectivity index (χ0v) is 11.3. The molecule has 0 amide bonds. The number of nitrogens with one attached hydrogen (secondary N) is 1. The number of aryl methyl sites for hydroxylation is 4. The fourth-order valence-corrected chi connectivity index (χ4v) is 2.21. The Morgan fingerprint density at radius 2 is 1.44 bits per heavy atom. The number of benzene rings is 2. The van der Waals surface area contributed by atoms with Crippen molar-refractivity contribution in [3.05, 3.63) is 52.6 Å². The molecular weight excluding hydrogens is 222 g/mol. The highest BCUT2D eigenvalue weighted by Gasteiger charge is 2.05. The molecule has 2 nitrogen and oxygen atoms in total. The summed E-state index contributed by atoms with van der Waals surface area (Å²) in [6, 6.07) is 9.96. The molecule has 0 fully saturated rings. The Hall–Kier alpha value is -1.96. The number of anilines is 2. The summed E-state index contributed by atoms with van der Waals surface area (Å²) in [5.41, 5.74) is 6.61. The molecule has 2 aromatic rings. The van der Waals surface area contributed by atoms with Crippen molar-refractivity contribution < 1.29 is 5.11 Å². The molecule has 2 heteroatoms. The maximum Gasteiger partial charge on any atom is 0.120 e. The molecule has 0 aliphatic heterocycles. The molecule has 0 spiro atoms. The van der Waals surface area contributed by atoms with Crippen molar-refractivity contribution in [2.45, 2.75) is 27.7 Å². The summed E-state index contributed by atoms with van der Waals surface area (Å²) in [4.78, 5) is 0. The van der Waals surface area contributed by atoms with Gasteiger partial charge in [0, 0.05) is 17.4 Å². The number of phenols is 1. The van der Waals surface area contributed by atoms with Crippen LogP contribution in [0.2, 0.25) is 0 Å². The van der Waals surface area contributed by atoms with Crippen LogP contribution in [0.1, 0.15) is 22.3 Å². The fraction of sp³-hybridized carbons (Fsp3) is 0.250. The van der Waals surface area contributed by atoms with E-state index in [-0.39, 0.29) is 0 Å². The van der Waals surface area contributed by atoms with Crippen LogP contribution in [0.5, 0.6) is 5.75 Å². The Morgan fingerprint density at radius 3 is 2.00 bits per heavy atom. The van der Waals surface area contributed by atoms with E-state index in [2.05, 4.69) is 38.2 Å². The molecule has 2 rings (SSSR count). The third kappa shape index (κ3) is 2.48. The molecule has 0 saturated heterocycles. The lowest BCUT2D eigenvalue weighted by atomic mass is 10.0. The summed E-state index contributed by atoms with van der Waals surface area (Å²) < 4.78 is 0. The van der Waals surface area contributed by atoms with Crippen LogP contribution in [0.3, 0.4) is 0 Å². The lowest BCUT2D eigenvalue weighted by Gasteiger charge is -2.14. The summed E-state index contributed by atoms with van der Waals surface area (Å²) in [7, 11) is 0. The largest absolute Gasteiger partial charge is 0.508 e. The molecule has 0 aromatic heterocycles. The van der Waals surface area contributed by atoms with Gasteiger partial charge in [-0.05, 0) is 50.5 Å². The molecule has 0 unspecified atom stereocenters. The first kappa shape index (κ1) is 12.5. The van der Waals surface area contributed by atoms with Crippen molar-refractivity contribution in [2.24, 2.45) is 0 Å². The molecular formula is C16H19NO. The Bertz CT molecular complexity index is 565. The summed E-state index contributed by atoms with van der Waals surface area (Å²) in [5.74, 6) is 0.322. The predicted octanol–water partition coefficient (Wildman–Crippen LogP) is 4.37. The van der Waals surface area contributed by atoms with Gasteiger partial charge in [0.1, 0.15) is 5.75 Å². The molecule has 0 heterocycles. The minimum absolute atomic E-state index is 0.322. The van der Waals surface area contributed by atoms with Crippen molar-refractivity contribution in [3.63, 3.8) is 0 Å². The highest BCUT2D eigenvalue weighted by Crippen LogP contribution is 2.28. The lowest BCUT2D eigenvalue weighted by Crippen LogP contribution is -1.97. The first-order valence-corrected chi connectivity index (χ1v) is 6.12. The van der Waals surface area contributed by atoms with Gasteiger partial charge in [-0.15, -0.1) is 0 Å². The van der Waals surface area contributed by atoms with Crippen LogP contribution < -0.4 is 5.32 Å². The summed E-state index contributed by atoms with van der Waals surface area (Å²) >= 11 is 0. The van der Waals surface area contributed by atoms with Crippen LogP contribution in [0.15, 0.2) is 30.3 Å². The Morgan fingerprint density at radius 1 is 0.833 bits per heavy atom. The van der Waals surface area contributed by atoms with Crippen LogP contribution in [-0.2, 0) is 0 Å². The first-order valence-electron chi connectivity index (χ1n) is 6.12. The summed E-state index contributed by atoms with van der Waals surface area (Å²) in [5, 5.41) is 13.1. The zero-order valence-electron chi connectivity index (χ0n) is 11.3. The van der Waals surface area contributed by atoms with Gasteiger partial charge in [0.2, 0.25) is 0 Å². The van der Waals surface area contributed by atoms with Crippen molar-refractivity contribution in [1.82, 2.24) is 0 Å². The van der Waals surface area contributed by atoms with Gasteiger partial charge in [0.15, 0.2) is 0 Å². The van der Waals surface area contributed by atoms with Crippen molar-refractivity contribution in [2.75, 3.05) is 5.32 Å². The first-order chi connectivity index (χ1) is 8.47. The van der Waals surface area contributed by atoms with E-state index in [1.165, 1.54) is 16.7 Å². The van der Waals surface area contributed by atoms with Crippen molar-refractivity contribution >= 4 is 11.4 Å². The molecule has 94 valence electrons. The maximum atomic E-state index is 9.72. The van der Waals surface area contributed by atoms with E-state index in [0.29, 0.717) is 5.75 Å². The quantitative estimate of drug-likeness (QED) is 0.818. The molecule has 0 aliphatic rings. The Kier molecular flexibility index (Phi) is 3.28. The maximum absolute atomic E-state index is 9.72. The molecule has 2 aromatic carbocycles. The second-order valence-electron chi connectivity index (χ2n) is 4.90. The molecule has 2 N–H and O–H groups in total. The minimum atomic E-state index is 0.322. The van der Waals surface area contributed by atoms with Gasteiger partial charge in [0.05, 0.1) is 0 Å². The minimum Gasteiger partial charge on any atom is -0.508 e. The van der Waals surface area contributed by atoms with E-state index in [9.17, 15) is 5.11 Å². The van der Waals surface area contributed by atoms with Gasteiger partial charge < -0.3 is 10.4 Å². The molecule has 0 bridgehead atoms. The number of phenolic OH excluding ortho intramolecular Hbond substituents is 1. The third-order valence-corrected chi connectivity index (χ3v) is 3.16. The van der Waals surface area contributed by atoms with Crippen molar-refractivity contribution in [1.29, 1.82) is 0 Å². The second kappa shape index (κ2) is 4.73. The van der Waals surface area contributed by atoms with E-state index < -0.39 is 0 Å². The lowest BCUT2D eigenvalue weighted by molar-refractivity contribution is 0.471. The van der Waals surface area contributed by atoms with Gasteiger partial charge in [-0.1, -0.05) is 23.8 Å². The monoisotopic (exact) mass is 241 g/mol. The Labute approximate surface area is 108 Å². The van der Waals surface area contributed by atoms with E-state index in [0.717, 1.165) is 16.9 Å². The van der Waals surface area contributed by atoms with Crippen LogP contribution >= 0.6 is 0 Å². The van der Waals surface area contributed by atoms with Gasteiger partial charge in [-0.3, -0.25) is 0 Å². The number of aromatic hydroxyl groups is 1. The zero-order chi connectivity index (χ0) is 13.3. The van der Waals surface area contributed by atoms with Gasteiger partial charge >= 0.3 is 0 Å². The highest BCUT2D eigenvalue weighted by atomic mass is 16.3. The highest BCUT2D eigenvalue weighted by molar-refractivity contribution is 5.68. The molecule has 0 saturated carbocycles. The van der Waals surface area contributed by atoms with Gasteiger partial charge in [0.25, 0.3) is 0 Å². The van der Waals surface area contributed by atoms with E-state index in [4.69, 9.17) is 0 Å². The standard InChI is InChI=1S/C16H19NO/c1-10-7-12(3)16(13(4)8-10)17-14-6-5-11(2)15(18)9-14/h5-9,17-18H,1-4H3. The smallest absolute Gasteiger partial charge is 0.120 e. The summed E-state index contributed by atoms with van der Waals surface area (Å²) in [6.07, 6.45) is 0. The van der Waals surface area contributed by atoms with E-state index in [1.807, 2.05) is 19.1 Å². The number of hydrogen-bond acceptors (Lipinski definition) is 2. The Balaban J connectivity index is 2.37. The average Bonchev–Trinajstić information content (AvgIpc) is 2.28. The van der Waals surface area contributed by atoms with Crippen LogP contribution in [-0.4, -0.2) is 5.11 Å². The summed E-state index contributed by atoms with van der Waals surface area (Å²) in [6.45, 7) is 8.18.